The van der Waals surface area contributed by atoms with Crippen molar-refractivity contribution in [3.8, 4) is 5.75 Å². The van der Waals surface area contributed by atoms with Crippen molar-refractivity contribution in [1.82, 2.24) is 10.6 Å². The van der Waals surface area contributed by atoms with Crippen LogP contribution in [0.4, 0.5) is 4.39 Å². The van der Waals surface area contributed by atoms with Crippen LogP contribution in [-0.4, -0.2) is 52.1 Å². The number of nitrogens with one attached hydrogen (secondary N) is 2. The van der Waals surface area contributed by atoms with Gasteiger partial charge in [0.05, 0.1) is 12.3 Å². The minimum absolute atomic E-state index is 0.0475. The fraction of sp³-hybridized carbons (Fsp3) is 0.562. The molecule has 24 heavy (non-hydrogen) atoms. The lowest BCUT2D eigenvalue weighted by atomic mass is 10.3. The highest BCUT2D eigenvalue weighted by atomic mass is 32.2. The first-order valence-corrected chi connectivity index (χ1v) is 9.83. The number of ether oxygens (including phenoxy) is 1. The van der Waals surface area contributed by atoms with Crippen molar-refractivity contribution >= 4 is 15.8 Å². The van der Waals surface area contributed by atoms with Crippen LogP contribution >= 0.6 is 0 Å². The highest BCUT2D eigenvalue weighted by molar-refractivity contribution is 7.90. The maximum absolute atomic E-state index is 13.5. The molecule has 0 aliphatic carbocycles. The third-order valence-electron chi connectivity index (χ3n) is 3.25. The lowest BCUT2D eigenvalue weighted by Gasteiger charge is -2.20. The van der Waals surface area contributed by atoms with E-state index in [1.807, 2.05) is 13.8 Å². The van der Waals surface area contributed by atoms with Gasteiger partial charge in [-0.25, -0.2) is 12.8 Å². The second-order valence-corrected chi connectivity index (χ2v) is 8.04. The first kappa shape index (κ1) is 20.2. The quantitative estimate of drug-likeness (QED) is 0.544. The number of hydrogen-bond donors (Lipinski definition) is 2. The molecule has 8 heteroatoms. The molecule has 0 saturated heterocycles. The van der Waals surface area contributed by atoms with E-state index >= 15 is 0 Å². The van der Waals surface area contributed by atoms with Crippen molar-refractivity contribution in [2.45, 2.75) is 32.4 Å². The predicted molar refractivity (Wildman–Crippen MR) is 94.8 cm³/mol. The van der Waals surface area contributed by atoms with Crippen LogP contribution in [0.2, 0.25) is 0 Å². The van der Waals surface area contributed by atoms with Gasteiger partial charge in [-0.1, -0.05) is 12.1 Å². The lowest BCUT2D eigenvalue weighted by molar-refractivity contribution is 0.214. The standard InChI is InChI=1S/C16H26FN3O3S/c1-12(9-10-24(4,21)22)20-16(18-3)19-11-13(2)23-15-8-6-5-7-14(15)17/h5-8,12-13H,9-11H2,1-4H3,(H2,18,19,20). The number of sulfone groups is 1. The summed E-state index contributed by atoms with van der Waals surface area (Å²) in [5, 5.41) is 6.19. The molecule has 0 aromatic heterocycles. The van der Waals surface area contributed by atoms with Crippen molar-refractivity contribution in [3.05, 3.63) is 30.1 Å². The number of halogens is 1. The van der Waals surface area contributed by atoms with Crippen molar-refractivity contribution in [1.29, 1.82) is 0 Å². The van der Waals surface area contributed by atoms with Gasteiger partial charge in [-0.15, -0.1) is 0 Å². The molecule has 0 bridgehead atoms. The molecule has 0 radical (unpaired) electrons. The molecule has 136 valence electrons. The third-order valence-corrected chi connectivity index (χ3v) is 4.23. The fourth-order valence-electron chi connectivity index (χ4n) is 1.93. The SMILES string of the molecule is CN=C(NCC(C)Oc1ccccc1F)NC(C)CCS(C)(=O)=O. The molecule has 6 nitrogen and oxygen atoms in total. The Morgan fingerprint density at radius 3 is 2.58 bits per heavy atom. The summed E-state index contributed by atoms with van der Waals surface area (Å²) >= 11 is 0. The number of hydrogen-bond acceptors (Lipinski definition) is 4. The van der Waals surface area contributed by atoms with E-state index in [1.54, 1.807) is 25.2 Å². The number of rotatable bonds is 8. The summed E-state index contributed by atoms with van der Waals surface area (Å²) in [5.74, 6) is 0.461. The van der Waals surface area contributed by atoms with Gasteiger partial charge in [-0.3, -0.25) is 4.99 Å². The van der Waals surface area contributed by atoms with Crippen molar-refractivity contribution in [3.63, 3.8) is 0 Å². The van der Waals surface area contributed by atoms with Crippen molar-refractivity contribution in [2.75, 3.05) is 25.6 Å². The van der Waals surface area contributed by atoms with Crippen LogP contribution in [0, 0.1) is 5.82 Å². The van der Waals surface area contributed by atoms with E-state index in [2.05, 4.69) is 15.6 Å². The van der Waals surface area contributed by atoms with Crippen LogP contribution in [0.5, 0.6) is 5.75 Å². The molecule has 1 rings (SSSR count). The molecule has 0 amide bonds. The second-order valence-electron chi connectivity index (χ2n) is 5.78. The van der Waals surface area contributed by atoms with E-state index in [0.29, 0.717) is 18.9 Å². The van der Waals surface area contributed by atoms with E-state index in [-0.39, 0.29) is 23.6 Å². The topological polar surface area (TPSA) is 79.8 Å². The highest BCUT2D eigenvalue weighted by Gasteiger charge is 2.11. The van der Waals surface area contributed by atoms with Crippen LogP contribution in [0.25, 0.3) is 0 Å². The average Bonchev–Trinajstić information content (AvgIpc) is 2.51. The van der Waals surface area contributed by atoms with Gasteiger partial charge < -0.3 is 15.4 Å². The van der Waals surface area contributed by atoms with Crippen LogP contribution < -0.4 is 15.4 Å². The number of nitrogens with zero attached hydrogens (tertiary/aromatic N) is 1. The van der Waals surface area contributed by atoms with Gasteiger partial charge in [0.2, 0.25) is 0 Å². The first-order chi connectivity index (χ1) is 11.2. The summed E-state index contributed by atoms with van der Waals surface area (Å²) in [7, 11) is -1.36. The van der Waals surface area contributed by atoms with Gasteiger partial charge in [0.15, 0.2) is 17.5 Å². The third kappa shape index (κ3) is 8.14. The predicted octanol–water partition coefficient (Wildman–Crippen LogP) is 1.58. The van der Waals surface area contributed by atoms with Gasteiger partial charge in [-0.2, -0.15) is 0 Å². The molecule has 0 fully saturated rings. The number of guanidine groups is 1. The van der Waals surface area contributed by atoms with Gasteiger partial charge in [-0.05, 0) is 32.4 Å². The minimum atomic E-state index is -2.98. The summed E-state index contributed by atoms with van der Waals surface area (Å²) in [6, 6.07) is 6.19. The molecule has 2 unspecified atom stereocenters. The van der Waals surface area contributed by atoms with E-state index in [9.17, 15) is 12.8 Å². The maximum Gasteiger partial charge on any atom is 0.191 e. The number of benzene rings is 1. The number of aliphatic imine (C=N–C) groups is 1. The fourth-order valence-corrected chi connectivity index (χ4v) is 2.71. The Kier molecular flexibility index (Phi) is 7.97. The summed E-state index contributed by atoms with van der Waals surface area (Å²) in [5.41, 5.74) is 0. The zero-order valence-electron chi connectivity index (χ0n) is 14.5. The van der Waals surface area contributed by atoms with Gasteiger partial charge in [0.25, 0.3) is 0 Å². The summed E-state index contributed by atoms with van der Waals surface area (Å²) < 4.78 is 41.4. The van der Waals surface area contributed by atoms with Gasteiger partial charge in [0, 0.05) is 19.3 Å². The molecule has 1 aromatic rings. The Morgan fingerprint density at radius 1 is 1.33 bits per heavy atom. The first-order valence-electron chi connectivity index (χ1n) is 7.77. The Balaban J connectivity index is 2.42. The number of para-hydroxylation sites is 1. The highest BCUT2D eigenvalue weighted by Crippen LogP contribution is 2.16. The average molecular weight is 359 g/mol. The van der Waals surface area contributed by atoms with Crippen molar-refractivity contribution in [2.24, 2.45) is 4.99 Å². The molecule has 0 aliphatic rings. The van der Waals surface area contributed by atoms with Crippen LogP contribution in [0.1, 0.15) is 20.3 Å². The van der Waals surface area contributed by atoms with E-state index in [4.69, 9.17) is 4.74 Å². The van der Waals surface area contributed by atoms with Gasteiger partial charge >= 0.3 is 0 Å². The molecule has 2 N–H and O–H groups in total. The van der Waals surface area contributed by atoms with E-state index in [1.165, 1.54) is 12.3 Å². The minimum Gasteiger partial charge on any atom is -0.486 e. The Bertz CT molecular complexity index is 650. The lowest BCUT2D eigenvalue weighted by Crippen LogP contribution is -2.45. The largest absolute Gasteiger partial charge is 0.486 e. The Morgan fingerprint density at radius 2 is 2.00 bits per heavy atom. The molecule has 0 heterocycles. The zero-order valence-corrected chi connectivity index (χ0v) is 15.4. The zero-order chi connectivity index (χ0) is 18.2. The van der Waals surface area contributed by atoms with Crippen molar-refractivity contribution < 1.29 is 17.5 Å². The van der Waals surface area contributed by atoms with Crippen LogP contribution in [0.3, 0.4) is 0 Å². The summed E-state index contributed by atoms with van der Waals surface area (Å²) in [6.07, 6.45) is 1.43. The molecule has 0 spiro atoms. The smallest absolute Gasteiger partial charge is 0.191 e. The van der Waals surface area contributed by atoms with E-state index in [0.717, 1.165) is 0 Å². The molecular weight excluding hydrogens is 333 g/mol. The second kappa shape index (κ2) is 9.46. The summed E-state index contributed by atoms with van der Waals surface area (Å²) in [6.45, 7) is 4.13. The molecule has 0 saturated carbocycles. The maximum atomic E-state index is 13.5. The molecule has 0 aliphatic heterocycles. The Labute approximate surface area is 143 Å². The van der Waals surface area contributed by atoms with E-state index < -0.39 is 15.7 Å². The summed E-state index contributed by atoms with van der Waals surface area (Å²) in [4.78, 5) is 4.08. The molecular formula is C16H26FN3O3S. The van der Waals surface area contributed by atoms with Crippen LogP contribution in [0.15, 0.2) is 29.3 Å². The normalized spacial score (nSPS) is 14.8. The van der Waals surface area contributed by atoms with Crippen LogP contribution in [-0.2, 0) is 9.84 Å². The molecule has 2 atom stereocenters. The van der Waals surface area contributed by atoms with Gasteiger partial charge in [0.1, 0.15) is 15.9 Å². The molecule has 1 aromatic carbocycles. The monoisotopic (exact) mass is 359 g/mol. The Hall–Kier alpha value is -1.83.